The lowest BCUT2D eigenvalue weighted by atomic mass is 10.1. The first kappa shape index (κ1) is 12.9. The van der Waals surface area contributed by atoms with Gasteiger partial charge in [0.25, 0.3) is 0 Å². The summed E-state index contributed by atoms with van der Waals surface area (Å²) in [6.07, 6.45) is 6.86. The van der Waals surface area contributed by atoms with Crippen LogP contribution in [0.3, 0.4) is 0 Å². The summed E-state index contributed by atoms with van der Waals surface area (Å²) >= 11 is 0. The Morgan fingerprint density at radius 2 is 2.17 bits per heavy atom. The van der Waals surface area contributed by atoms with Crippen molar-refractivity contribution < 1.29 is 9.53 Å². The quantitative estimate of drug-likeness (QED) is 0.891. The van der Waals surface area contributed by atoms with E-state index < -0.39 is 0 Å². The molecule has 1 heterocycles. The molecule has 0 aliphatic heterocycles. The topological polar surface area (TPSA) is 51.2 Å². The van der Waals surface area contributed by atoms with Gasteiger partial charge < -0.3 is 10.1 Å². The number of rotatable bonds is 4. The fraction of sp³-hybridized carbons (Fsp3) is 0.571. The summed E-state index contributed by atoms with van der Waals surface area (Å²) in [7, 11) is 0. The molecule has 1 atom stereocenters. The third kappa shape index (κ3) is 3.45. The fourth-order valence-corrected chi connectivity index (χ4v) is 2.28. The van der Waals surface area contributed by atoms with Crippen molar-refractivity contribution in [3.05, 3.63) is 23.9 Å². The maximum absolute atomic E-state index is 11.0. The van der Waals surface area contributed by atoms with Crippen molar-refractivity contribution in [3.63, 3.8) is 0 Å². The zero-order chi connectivity index (χ0) is 13.0. The molecule has 0 saturated heterocycles. The van der Waals surface area contributed by atoms with Crippen molar-refractivity contribution in [1.29, 1.82) is 0 Å². The maximum Gasteiger partial charge on any atom is 0.217 e. The van der Waals surface area contributed by atoms with Crippen LogP contribution in [0.2, 0.25) is 0 Å². The molecule has 4 heteroatoms. The van der Waals surface area contributed by atoms with E-state index in [4.69, 9.17) is 4.74 Å². The standard InChI is InChI=1S/C14H20N2O2/c1-10(16-11(2)17)12-7-8-14(15-9-12)18-13-5-3-4-6-13/h7-10,13H,3-6H2,1-2H3,(H,16,17). The Labute approximate surface area is 108 Å². The van der Waals surface area contributed by atoms with Gasteiger partial charge >= 0.3 is 0 Å². The van der Waals surface area contributed by atoms with E-state index in [9.17, 15) is 4.79 Å². The Hall–Kier alpha value is -1.58. The van der Waals surface area contributed by atoms with Crippen LogP contribution in [-0.2, 0) is 4.79 Å². The smallest absolute Gasteiger partial charge is 0.217 e. The number of carbonyl (C=O) groups is 1. The average molecular weight is 248 g/mol. The minimum Gasteiger partial charge on any atom is -0.474 e. The summed E-state index contributed by atoms with van der Waals surface area (Å²) in [5, 5.41) is 2.83. The third-order valence-corrected chi connectivity index (χ3v) is 3.27. The number of nitrogens with one attached hydrogen (secondary N) is 1. The summed E-state index contributed by atoms with van der Waals surface area (Å²) in [6, 6.07) is 3.82. The number of carbonyl (C=O) groups excluding carboxylic acids is 1. The van der Waals surface area contributed by atoms with Crippen molar-refractivity contribution in [1.82, 2.24) is 10.3 Å². The predicted molar refractivity (Wildman–Crippen MR) is 69.4 cm³/mol. The minimum atomic E-state index is -0.0335. The lowest BCUT2D eigenvalue weighted by Crippen LogP contribution is -2.23. The van der Waals surface area contributed by atoms with E-state index in [1.807, 2.05) is 19.1 Å². The van der Waals surface area contributed by atoms with E-state index in [0.717, 1.165) is 18.4 Å². The Bertz CT molecular complexity index is 397. The highest BCUT2D eigenvalue weighted by molar-refractivity contribution is 5.73. The highest BCUT2D eigenvalue weighted by Gasteiger charge is 2.17. The SMILES string of the molecule is CC(=O)NC(C)c1ccc(OC2CCCC2)nc1. The predicted octanol–water partition coefficient (Wildman–Crippen LogP) is 2.60. The van der Waals surface area contributed by atoms with Crippen LogP contribution in [0, 0.1) is 0 Å². The van der Waals surface area contributed by atoms with Crippen LogP contribution in [0.25, 0.3) is 0 Å². The van der Waals surface area contributed by atoms with Gasteiger partial charge in [-0.3, -0.25) is 4.79 Å². The molecule has 0 aromatic carbocycles. The molecule has 1 aliphatic rings. The molecule has 2 rings (SSSR count). The van der Waals surface area contributed by atoms with Gasteiger partial charge in [-0.1, -0.05) is 6.07 Å². The number of nitrogens with zero attached hydrogens (tertiary/aromatic N) is 1. The summed E-state index contributed by atoms with van der Waals surface area (Å²) < 4.78 is 5.79. The first-order valence-electron chi connectivity index (χ1n) is 6.55. The van der Waals surface area contributed by atoms with Crippen molar-refractivity contribution in [2.75, 3.05) is 0 Å². The normalized spacial score (nSPS) is 17.4. The van der Waals surface area contributed by atoms with Crippen LogP contribution in [0.15, 0.2) is 18.3 Å². The van der Waals surface area contributed by atoms with E-state index in [0.29, 0.717) is 12.0 Å². The fourth-order valence-electron chi connectivity index (χ4n) is 2.28. The van der Waals surface area contributed by atoms with Crippen LogP contribution < -0.4 is 10.1 Å². The lowest BCUT2D eigenvalue weighted by molar-refractivity contribution is -0.119. The third-order valence-electron chi connectivity index (χ3n) is 3.27. The van der Waals surface area contributed by atoms with Crippen molar-refractivity contribution >= 4 is 5.91 Å². The van der Waals surface area contributed by atoms with Gasteiger partial charge in [0.2, 0.25) is 11.8 Å². The van der Waals surface area contributed by atoms with Gasteiger partial charge in [-0.05, 0) is 38.2 Å². The molecule has 1 amide bonds. The van der Waals surface area contributed by atoms with E-state index >= 15 is 0 Å². The highest BCUT2D eigenvalue weighted by Crippen LogP contribution is 2.23. The van der Waals surface area contributed by atoms with E-state index in [1.54, 1.807) is 6.20 Å². The molecule has 98 valence electrons. The number of amides is 1. The maximum atomic E-state index is 11.0. The molecule has 18 heavy (non-hydrogen) atoms. The van der Waals surface area contributed by atoms with Crippen molar-refractivity contribution in [2.24, 2.45) is 0 Å². The van der Waals surface area contributed by atoms with Gasteiger partial charge in [0.05, 0.1) is 6.04 Å². The number of pyridine rings is 1. The van der Waals surface area contributed by atoms with Crippen LogP contribution >= 0.6 is 0 Å². The molecule has 1 aromatic heterocycles. The number of hydrogen-bond donors (Lipinski definition) is 1. The van der Waals surface area contributed by atoms with Gasteiger partial charge in [0.15, 0.2) is 0 Å². The summed E-state index contributed by atoms with van der Waals surface area (Å²) in [5.74, 6) is 0.648. The molecular formula is C14H20N2O2. The van der Waals surface area contributed by atoms with Crippen LogP contribution in [-0.4, -0.2) is 17.0 Å². The van der Waals surface area contributed by atoms with Crippen molar-refractivity contribution in [2.45, 2.75) is 51.7 Å². The molecule has 1 aromatic rings. The summed E-state index contributed by atoms with van der Waals surface area (Å²) in [4.78, 5) is 15.3. The first-order valence-corrected chi connectivity index (χ1v) is 6.55. The molecule has 1 fully saturated rings. The van der Waals surface area contributed by atoms with E-state index in [1.165, 1.54) is 19.8 Å². The zero-order valence-corrected chi connectivity index (χ0v) is 11.0. The number of aromatic nitrogens is 1. The van der Waals surface area contributed by atoms with Crippen LogP contribution in [0.1, 0.15) is 51.1 Å². The molecule has 0 radical (unpaired) electrons. The second kappa shape index (κ2) is 5.85. The molecule has 0 spiro atoms. The molecule has 1 saturated carbocycles. The summed E-state index contributed by atoms with van der Waals surface area (Å²) in [6.45, 7) is 3.46. The zero-order valence-electron chi connectivity index (χ0n) is 11.0. The number of hydrogen-bond acceptors (Lipinski definition) is 3. The molecule has 0 bridgehead atoms. The van der Waals surface area contributed by atoms with Gasteiger partial charge in [-0.25, -0.2) is 4.98 Å². The minimum absolute atomic E-state index is 0.0180. The monoisotopic (exact) mass is 248 g/mol. The van der Waals surface area contributed by atoms with Crippen molar-refractivity contribution in [3.8, 4) is 5.88 Å². The second-order valence-corrected chi connectivity index (χ2v) is 4.88. The number of ether oxygens (including phenoxy) is 1. The average Bonchev–Trinajstić information content (AvgIpc) is 2.82. The van der Waals surface area contributed by atoms with Gasteiger partial charge in [-0.15, -0.1) is 0 Å². The molecule has 1 N–H and O–H groups in total. The lowest BCUT2D eigenvalue weighted by Gasteiger charge is -2.15. The van der Waals surface area contributed by atoms with Gasteiger partial charge in [0.1, 0.15) is 6.10 Å². The highest BCUT2D eigenvalue weighted by atomic mass is 16.5. The molecule has 1 unspecified atom stereocenters. The first-order chi connectivity index (χ1) is 8.65. The van der Waals surface area contributed by atoms with E-state index in [2.05, 4.69) is 10.3 Å². The molecular weight excluding hydrogens is 228 g/mol. The van der Waals surface area contributed by atoms with E-state index in [-0.39, 0.29) is 11.9 Å². The molecule has 1 aliphatic carbocycles. The molecule has 4 nitrogen and oxygen atoms in total. The second-order valence-electron chi connectivity index (χ2n) is 4.88. The van der Waals surface area contributed by atoms with Gasteiger partial charge in [0, 0.05) is 19.2 Å². The Morgan fingerprint density at radius 3 is 2.72 bits per heavy atom. The van der Waals surface area contributed by atoms with Gasteiger partial charge in [-0.2, -0.15) is 0 Å². The van der Waals surface area contributed by atoms with Crippen LogP contribution in [0.4, 0.5) is 0 Å². The Morgan fingerprint density at radius 1 is 1.44 bits per heavy atom. The van der Waals surface area contributed by atoms with Crippen LogP contribution in [0.5, 0.6) is 5.88 Å². The Balaban J connectivity index is 1.94. The largest absolute Gasteiger partial charge is 0.474 e. The Kier molecular flexibility index (Phi) is 4.18. The summed E-state index contributed by atoms with van der Waals surface area (Å²) in [5.41, 5.74) is 0.990.